The lowest BCUT2D eigenvalue weighted by Gasteiger charge is -2.42. The van der Waals surface area contributed by atoms with Crippen LogP contribution >= 0.6 is 0 Å². The van der Waals surface area contributed by atoms with Crippen LogP contribution in [0.1, 0.15) is 39.5 Å². The van der Waals surface area contributed by atoms with E-state index in [4.69, 9.17) is 16.2 Å². The highest BCUT2D eigenvalue weighted by Gasteiger charge is 2.45. The highest BCUT2D eigenvalue weighted by Crippen LogP contribution is 2.41. The Morgan fingerprint density at radius 2 is 1.95 bits per heavy atom. The first-order chi connectivity index (χ1) is 10.1. The van der Waals surface area contributed by atoms with Crippen LogP contribution in [0.3, 0.4) is 0 Å². The van der Waals surface area contributed by atoms with Gasteiger partial charge in [0, 0.05) is 18.3 Å². The molecule has 0 unspecified atom stereocenters. The zero-order chi connectivity index (χ0) is 15.5. The monoisotopic (exact) mass is 291 g/mol. The van der Waals surface area contributed by atoms with Gasteiger partial charge in [0.15, 0.2) is 5.60 Å². The number of nitrogen functional groups attached to an aromatic ring is 1. The summed E-state index contributed by atoms with van der Waals surface area (Å²) in [5.74, 6) is 0.743. The van der Waals surface area contributed by atoms with Crippen LogP contribution in [0.25, 0.3) is 0 Å². The van der Waals surface area contributed by atoms with Gasteiger partial charge in [0.2, 0.25) is 0 Å². The molecule has 1 amide bonds. The fourth-order valence-corrected chi connectivity index (χ4v) is 2.78. The number of anilines is 2. The van der Waals surface area contributed by atoms with Crippen molar-refractivity contribution in [3.63, 3.8) is 0 Å². The molecule has 2 rings (SSSR count). The normalized spacial score (nSPS) is 16.5. The molecule has 1 aliphatic heterocycles. The molecule has 0 bridgehead atoms. The van der Waals surface area contributed by atoms with Crippen molar-refractivity contribution in [2.45, 2.75) is 45.1 Å². The maximum Gasteiger partial charge on any atom is 0.271 e. The molecule has 1 aromatic rings. The van der Waals surface area contributed by atoms with E-state index in [0.29, 0.717) is 37.4 Å². The van der Waals surface area contributed by atoms with E-state index in [1.807, 2.05) is 24.8 Å². The minimum atomic E-state index is -0.774. The standard InChI is InChI=1S/C16H25N3O2/c1-3-16(4-2)15(20)19(10-6-5-9-17)13-8-7-12(18)11-14(13)21-16/h7-8,11H,3-6,9-10,17-18H2,1-2H3. The molecule has 21 heavy (non-hydrogen) atoms. The van der Waals surface area contributed by atoms with Gasteiger partial charge in [-0.1, -0.05) is 13.8 Å². The Hall–Kier alpha value is -1.75. The van der Waals surface area contributed by atoms with E-state index in [1.165, 1.54) is 0 Å². The molecule has 1 aliphatic rings. The first-order valence-corrected chi connectivity index (χ1v) is 7.68. The number of nitrogens with two attached hydrogens (primary N) is 2. The van der Waals surface area contributed by atoms with Crippen LogP contribution in [0, 0.1) is 0 Å². The minimum Gasteiger partial charge on any atom is -0.475 e. The molecule has 5 nitrogen and oxygen atoms in total. The molecule has 0 fully saturated rings. The lowest BCUT2D eigenvalue weighted by molar-refractivity contribution is -0.136. The number of rotatable bonds is 6. The van der Waals surface area contributed by atoms with Crippen molar-refractivity contribution >= 4 is 17.3 Å². The fourth-order valence-electron chi connectivity index (χ4n) is 2.78. The minimum absolute atomic E-state index is 0.0433. The molecule has 0 saturated carbocycles. The van der Waals surface area contributed by atoms with Crippen molar-refractivity contribution < 1.29 is 9.53 Å². The number of fused-ring (bicyclic) bond motifs is 1. The predicted octanol–water partition coefficient (Wildman–Crippen LogP) is 2.29. The van der Waals surface area contributed by atoms with Crippen LogP contribution in [0.15, 0.2) is 18.2 Å². The zero-order valence-electron chi connectivity index (χ0n) is 12.9. The SMILES string of the molecule is CCC1(CC)Oc2cc(N)ccc2N(CCCCN)C1=O. The number of benzene rings is 1. The molecular weight excluding hydrogens is 266 g/mol. The first kappa shape index (κ1) is 15.6. The van der Waals surface area contributed by atoms with Gasteiger partial charge in [-0.15, -0.1) is 0 Å². The molecule has 4 N–H and O–H groups in total. The number of ether oxygens (including phenoxy) is 1. The van der Waals surface area contributed by atoms with Crippen LogP contribution in [-0.2, 0) is 4.79 Å². The van der Waals surface area contributed by atoms with E-state index >= 15 is 0 Å². The molecule has 0 aromatic heterocycles. The van der Waals surface area contributed by atoms with E-state index < -0.39 is 5.60 Å². The molecule has 0 aliphatic carbocycles. The Kier molecular flexibility index (Phi) is 4.73. The summed E-state index contributed by atoms with van der Waals surface area (Å²) in [6, 6.07) is 5.47. The molecule has 0 radical (unpaired) electrons. The molecule has 0 saturated heterocycles. The number of nitrogens with zero attached hydrogens (tertiary/aromatic N) is 1. The summed E-state index contributed by atoms with van der Waals surface area (Å²) in [6.07, 6.45) is 3.07. The van der Waals surface area contributed by atoms with Gasteiger partial charge >= 0.3 is 0 Å². The quantitative estimate of drug-likeness (QED) is 0.622. The number of carbonyl (C=O) groups is 1. The number of amides is 1. The molecule has 0 atom stereocenters. The van der Waals surface area contributed by atoms with Crippen molar-refractivity contribution in [2.75, 3.05) is 23.7 Å². The fraction of sp³-hybridized carbons (Fsp3) is 0.562. The summed E-state index contributed by atoms with van der Waals surface area (Å²) in [4.78, 5) is 14.7. The van der Waals surface area contributed by atoms with Crippen LogP contribution < -0.4 is 21.1 Å². The molecular formula is C16H25N3O2. The van der Waals surface area contributed by atoms with Gasteiger partial charge in [0.25, 0.3) is 5.91 Å². The molecule has 0 spiro atoms. The Bertz CT molecular complexity index is 512. The van der Waals surface area contributed by atoms with E-state index in [2.05, 4.69) is 0 Å². The number of carbonyl (C=O) groups excluding carboxylic acids is 1. The lowest BCUT2D eigenvalue weighted by atomic mass is 9.92. The summed E-state index contributed by atoms with van der Waals surface area (Å²) >= 11 is 0. The number of unbranched alkanes of at least 4 members (excludes halogenated alkanes) is 1. The van der Waals surface area contributed by atoms with Gasteiger partial charge in [-0.3, -0.25) is 4.79 Å². The Morgan fingerprint density at radius 3 is 2.57 bits per heavy atom. The van der Waals surface area contributed by atoms with Gasteiger partial charge in [0.05, 0.1) is 5.69 Å². The largest absolute Gasteiger partial charge is 0.475 e. The van der Waals surface area contributed by atoms with Crippen molar-refractivity contribution in [1.29, 1.82) is 0 Å². The second-order valence-electron chi connectivity index (χ2n) is 5.48. The Balaban J connectivity index is 2.39. The van der Waals surface area contributed by atoms with Gasteiger partial charge in [-0.25, -0.2) is 0 Å². The van der Waals surface area contributed by atoms with Crippen LogP contribution in [-0.4, -0.2) is 24.6 Å². The molecule has 116 valence electrons. The molecule has 1 aromatic carbocycles. The third kappa shape index (κ3) is 2.83. The maximum atomic E-state index is 12.9. The highest BCUT2D eigenvalue weighted by atomic mass is 16.5. The van der Waals surface area contributed by atoms with Crippen LogP contribution in [0.2, 0.25) is 0 Å². The Morgan fingerprint density at radius 1 is 1.24 bits per heavy atom. The first-order valence-electron chi connectivity index (χ1n) is 7.68. The lowest BCUT2D eigenvalue weighted by Crippen LogP contribution is -2.55. The average molecular weight is 291 g/mol. The predicted molar refractivity (Wildman–Crippen MR) is 85.4 cm³/mol. The molecule has 5 heteroatoms. The number of hydrogen-bond donors (Lipinski definition) is 2. The van der Waals surface area contributed by atoms with E-state index in [0.717, 1.165) is 18.5 Å². The zero-order valence-corrected chi connectivity index (χ0v) is 12.9. The van der Waals surface area contributed by atoms with Crippen molar-refractivity contribution in [3.05, 3.63) is 18.2 Å². The van der Waals surface area contributed by atoms with Crippen molar-refractivity contribution in [3.8, 4) is 5.75 Å². The van der Waals surface area contributed by atoms with Gasteiger partial charge in [0.1, 0.15) is 5.75 Å². The van der Waals surface area contributed by atoms with Gasteiger partial charge in [-0.05, 0) is 44.4 Å². The maximum absolute atomic E-state index is 12.9. The Labute approximate surface area is 126 Å². The van der Waals surface area contributed by atoms with Crippen LogP contribution in [0.5, 0.6) is 5.75 Å². The topological polar surface area (TPSA) is 81.6 Å². The highest BCUT2D eigenvalue weighted by molar-refractivity contribution is 6.03. The second-order valence-corrected chi connectivity index (χ2v) is 5.48. The summed E-state index contributed by atoms with van der Waals surface area (Å²) in [5, 5.41) is 0. The van der Waals surface area contributed by atoms with Gasteiger partial charge < -0.3 is 21.1 Å². The third-order valence-corrected chi connectivity index (χ3v) is 4.19. The van der Waals surface area contributed by atoms with Crippen LogP contribution in [0.4, 0.5) is 11.4 Å². The summed E-state index contributed by atoms with van der Waals surface area (Å²) in [5.41, 5.74) is 12.1. The second kappa shape index (κ2) is 6.35. The summed E-state index contributed by atoms with van der Waals surface area (Å²) < 4.78 is 6.05. The summed E-state index contributed by atoms with van der Waals surface area (Å²) in [7, 11) is 0. The van der Waals surface area contributed by atoms with E-state index in [9.17, 15) is 4.79 Å². The average Bonchev–Trinajstić information content (AvgIpc) is 2.49. The van der Waals surface area contributed by atoms with Crippen molar-refractivity contribution in [1.82, 2.24) is 0 Å². The smallest absolute Gasteiger partial charge is 0.271 e. The van der Waals surface area contributed by atoms with E-state index in [1.54, 1.807) is 12.1 Å². The third-order valence-electron chi connectivity index (χ3n) is 4.19. The van der Waals surface area contributed by atoms with Gasteiger partial charge in [-0.2, -0.15) is 0 Å². The summed E-state index contributed by atoms with van der Waals surface area (Å²) in [6.45, 7) is 5.27. The molecule has 1 heterocycles. The van der Waals surface area contributed by atoms with E-state index in [-0.39, 0.29) is 5.91 Å². The van der Waals surface area contributed by atoms with Crippen molar-refractivity contribution in [2.24, 2.45) is 5.73 Å². The number of hydrogen-bond acceptors (Lipinski definition) is 4.